The minimum atomic E-state index is -0.443. The maximum absolute atomic E-state index is 10.9. The lowest BCUT2D eigenvalue weighted by molar-refractivity contribution is 0.00446. The van der Waals surface area contributed by atoms with Gasteiger partial charge in [-0.2, -0.15) is 0 Å². The van der Waals surface area contributed by atoms with Crippen LogP contribution in [0.25, 0.3) is 5.52 Å². The third-order valence-corrected chi connectivity index (χ3v) is 4.91. The van der Waals surface area contributed by atoms with E-state index < -0.39 is 6.10 Å². The normalized spacial score (nSPS) is 20.6. The molecule has 0 bridgehead atoms. The lowest BCUT2D eigenvalue weighted by Crippen LogP contribution is -2.29. The molecule has 2 aromatic rings. The van der Waals surface area contributed by atoms with Crippen molar-refractivity contribution in [1.82, 2.24) is 9.38 Å². The first-order valence-electron chi connectivity index (χ1n) is 6.90. The first kappa shape index (κ1) is 13.1. The Labute approximate surface area is 121 Å². The van der Waals surface area contributed by atoms with Crippen molar-refractivity contribution < 1.29 is 5.11 Å². The molecule has 2 heterocycles. The van der Waals surface area contributed by atoms with Crippen LogP contribution in [0.4, 0.5) is 0 Å². The van der Waals surface area contributed by atoms with Crippen molar-refractivity contribution >= 4 is 21.4 Å². The van der Waals surface area contributed by atoms with Crippen molar-refractivity contribution in [2.24, 2.45) is 5.41 Å². The molecule has 1 saturated carbocycles. The first-order chi connectivity index (χ1) is 9.10. The maximum atomic E-state index is 10.9. The van der Waals surface area contributed by atoms with E-state index in [1.165, 1.54) is 19.3 Å². The van der Waals surface area contributed by atoms with Gasteiger partial charge in [0.15, 0.2) is 0 Å². The van der Waals surface area contributed by atoms with E-state index in [4.69, 9.17) is 0 Å². The molecule has 1 atom stereocenters. The zero-order chi connectivity index (χ0) is 13.5. The standard InChI is InChI=1S/C15H19BrN2O/c1-15(5-3-2-4-6-15)14(19)13-8-11(16)7-12-9-17-10-18(12)13/h7-10,14,19H,2-6H2,1H3. The average Bonchev–Trinajstić information content (AvgIpc) is 2.85. The number of hydrogen-bond acceptors (Lipinski definition) is 2. The Morgan fingerprint density at radius 1 is 1.32 bits per heavy atom. The molecule has 3 nitrogen and oxygen atoms in total. The summed E-state index contributed by atoms with van der Waals surface area (Å²) in [6.07, 6.45) is 9.08. The monoisotopic (exact) mass is 322 g/mol. The van der Waals surface area contributed by atoms with Gasteiger partial charge in [0, 0.05) is 4.47 Å². The third-order valence-electron chi connectivity index (χ3n) is 4.45. The highest BCUT2D eigenvalue weighted by Gasteiger charge is 2.36. The van der Waals surface area contributed by atoms with Crippen LogP contribution in [0.5, 0.6) is 0 Å². The number of rotatable bonds is 2. The van der Waals surface area contributed by atoms with Crippen LogP contribution in [0.2, 0.25) is 0 Å². The van der Waals surface area contributed by atoms with E-state index in [2.05, 4.69) is 27.8 Å². The van der Waals surface area contributed by atoms with Gasteiger partial charge >= 0.3 is 0 Å². The van der Waals surface area contributed by atoms with Crippen molar-refractivity contribution in [3.63, 3.8) is 0 Å². The number of imidazole rings is 1. The van der Waals surface area contributed by atoms with Gasteiger partial charge in [-0.05, 0) is 30.4 Å². The van der Waals surface area contributed by atoms with Crippen LogP contribution < -0.4 is 0 Å². The Hall–Kier alpha value is -0.870. The number of hydrogen-bond donors (Lipinski definition) is 1. The summed E-state index contributed by atoms with van der Waals surface area (Å²) in [5, 5.41) is 10.9. The molecule has 1 aliphatic rings. The minimum absolute atomic E-state index is 0.0176. The molecule has 0 spiro atoms. The summed E-state index contributed by atoms with van der Waals surface area (Å²) in [4.78, 5) is 4.18. The number of nitrogens with zero attached hydrogens (tertiary/aromatic N) is 2. The molecule has 0 amide bonds. The van der Waals surface area contributed by atoms with E-state index in [0.29, 0.717) is 0 Å². The van der Waals surface area contributed by atoms with Gasteiger partial charge < -0.3 is 9.51 Å². The van der Waals surface area contributed by atoms with Gasteiger partial charge in [-0.3, -0.25) is 0 Å². The molecule has 4 heteroatoms. The number of aromatic nitrogens is 2. The van der Waals surface area contributed by atoms with Crippen molar-refractivity contribution in [1.29, 1.82) is 0 Å². The van der Waals surface area contributed by atoms with E-state index in [1.54, 1.807) is 6.33 Å². The number of aliphatic hydroxyl groups excluding tert-OH is 1. The Morgan fingerprint density at radius 3 is 2.79 bits per heavy atom. The second kappa shape index (κ2) is 4.91. The molecular formula is C15H19BrN2O. The van der Waals surface area contributed by atoms with Crippen LogP contribution in [0, 0.1) is 5.41 Å². The van der Waals surface area contributed by atoms with Gasteiger partial charge in [-0.25, -0.2) is 4.98 Å². The summed E-state index contributed by atoms with van der Waals surface area (Å²) < 4.78 is 2.99. The topological polar surface area (TPSA) is 37.5 Å². The van der Waals surface area contributed by atoms with Crippen LogP contribution >= 0.6 is 15.9 Å². The highest BCUT2D eigenvalue weighted by molar-refractivity contribution is 9.10. The largest absolute Gasteiger partial charge is 0.386 e. The Morgan fingerprint density at radius 2 is 2.05 bits per heavy atom. The zero-order valence-electron chi connectivity index (χ0n) is 11.1. The molecule has 1 unspecified atom stereocenters. The molecule has 0 aromatic carbocycles. The van der Waals surface area contributed by atoms with Crippen LogP contribution in [0.1, 0.15) is 50.8 Å². The summed E-state index contributed by atoms with van der Waals surface area (Å²) in [5.74, 6) is 0. The third kappa shape index (κ3) is 2.32. The zero-order valence-corrected chi connectivity index (χ0v) is 12.7. The molecule has 3 rings (SSSR count). The van der Waals surface area contributed by atoms with Crippen LogP contribution in [-0.4, -0.2) is 14.5 Å². The number of halogens is 1. The number of fused-ring (bicyclic) bond motifs is 1. The fraction of sp³-hybridized carbons (Fsp3) is 0.533. The van der Waals surface area contributed by atoms with Crippen molar-refractivity contribution in [3.05, 3.63) is 34.8 Å². The lowest BCUT2D eigenvalue weighted by atomic mass is 9.71. The van der Waals surface area contributed by atoms with E-state index in [9.17, 15) is 5.11 Å². The van der Waals surface area contributed by atoms with Gasteiger partial charge in [0.2, 0.25) is 0 Å². The molecule has 0 radical (unpaired) electrons. The van der Waals surface area contributed by atoms with Crippen LogP contribution in [0.15, 0.2) is 29.1 Å². The molecule has 2 aromatic heterocycles. The smallest absolute Gasteiger partial charge is 0.0997 e. The first-order valence-corrected chi connectivity index (χ1v) is 7.69. The van der Waals surface area contributed by atoms with Crippen molar-refractivity contribution in [2.75, 3.05) is 0 Å². The summed E-state index contributed by atoms with van der Waals surface area (Å²) in [5.41, 5.74) is 1.94. The predicted octanol–water partition coefficient (Wildman–Crippen LogP) is 4.10. The summed E-state index contributed by atoms with van der Waals surface area (Å²) in [6.45, 7) is 2.21. The molecule has 0 aliphatic heterocycles. The van der Waals surface area contributed by atoms with Gasteiger partial charge in [-0.15, -0.1) is 0 Å². The van der Waals surface area contributed by atoms with Crippen molar-refractivity contribution in [3.8, 4) is 0 Å². The van der Waals surface area contributed by atoms with Crippen molar-refractivity contribution in [2.45, 2.75) is 45.1 Å². The molecule has 1 aliphatic carbocycles. The second-order valence-electron chi connectivity index (χ2n) is 5.90. The summed E-state index contributed by atoms with van der Waals surface area (Å²) in [7, 11) is 0. The van der Waals surface area contributed by atoms with E-state index in [-0.39, 0.29) is 5.41 Å². The average molecular weight is 323 g/mol. The predicted molar refractivity (Wildman–Crippen MR) is 79.0 cm³/mol. The van der Waals surface area contributed by atoms with Gasteiger partial charge in [0.05, 0.1) is 29.8 Å². The lowest BCUT2D eigenvalue weighted by Gasteiger charge is -2.38. The molecule has 1 fully saturated rings. The quantitative estimate of drug-likeness (QED) is 0.903. The Kier molecular flexibility index (Phi) is 3.39. The highest BCUT2D eigenvalue weighted by Crippen LogP contribution is 2.45. The molecule has 102 valence electrons. The summed E-state index contributed by atoms with van der Waals surface area (Å²) >= 11 is 3.53. The van der Waals surface area contributed by atoms with Crippen LogP contribution in [-0.2, 0) is 0 Å². The van der Waals surface area contributed by atoms with Gasteiger partial charge in [0.25, 0.3) is 0 Å². The SMILES string of the molecule is CC1(C(O)c2cc(Br)cc3cncn23)CCCCC1. The van der Waals surface area contributed by atoms with E-state index >= 15 is 0 Å². The fourth-order valence-corrected chi connectivity index (χ4v) is 3.69. The van der Waals surface area contributed by atoms with E-state index in [1.807, 2.05) is 22.7 Å². The fourth-order valence-electron chi connectivity index (χ4n) is 3.22. The molecule has 0 saturated heterocycles. The summed E-state index contributed by atoms with van der Waals surface area (Å²) in [6, 6.07) is 4.03. The van der Waals surface area contributed by atoms with Gasteiger partial charge in [0.1, 0.15) is 0 Å². The number of aliphatic hydroxyl groups is 1. The maximum Gasteiger partial charge on any atom is 0.0997 e. The Balaban J connectivity index is 2.05. The number of pyridine rings is 1. The molecule has 1 N–H and O–H groups in total. The molecule has 19 heavy (non-hydrogen) atoms. The molecular weight excluding hydrogens is 304 g/mol. The minimum Gasteiger partial charge on any atom is -0.386 e. The Bertz CT molecular complexity index is 587. The highest BCUT2D eigenvalue weighted by atomic mass is 79.9. The van der Waals surface area contributed by atoms with Gasteiger partial charge in [-0.1, -0.05) is 42.1 Å². The second-order valence-corrected chi connectivity index (χ2v) is 6.82. The van der Waals surface area contributed by atoms with E-state index in [0.717, 1.165) is 28.5 Å². The van der Waals surface area contributed by atoms with Crippen LogP contribution in [0.3, 0.4) is 0 Å².